The summed E-state index contributed by atoms with van der Waals surface area (Å²) in [5.74, 6) is -2.24. The average Bonchev–Trinajstić information content (AvgIpc) is 3.07. The third-order valence-electron chi connectivity index (χ3n) is 3.65. The van der Waals surface area contributed by atoms with Crippen LogP contribution in [-0.4, -0.2) is 28.6 Å². The summed E-state index contributed by atoms with van der Waals surface area (Å²) >= 11 is 0. The molecule has 148 valence electrons. The van der Waals surface area contributed by atoms with Crippen LogP contribution in [0.3, 0.4) is 0 Å². The highest BCUT2D eigenvalue weighted by molar-refractivity contribution is 5.90. The van der Waals surface area contributed by atoms with E-state index in [4.69, 9.17) is 9.47 Å². The molecular formula is C18H16F2N2O6. The van der Waals surface area contributed by atoms with E-state index in [-0.39, 0.29) is 23.6 Å². The summed E-state index contributed by atoms with van der Waals surface area (Å²) in [7, 11) is 0. The molecule has 1 saturated heterocycles. The second-order valence-corrected chi connectivity index (χ2v) is 5.26. The number of imide groups is 1. The van der Waals surface area contributed by atoms with Gasteiger partial charge in [0.1, 0.15) is 18.4 Å². The van der Waals surface area contributed by atoms with Crippen LogP contribution in [-0.2, 0) is 4.74 Å². The maximum atomic E-state index is 13.4. The molecule has 0 radical (unpaired) electrons. The molecule has 1 aliphatic heterocycles. The van der Waals surface area contributed by atoms with Crippen LogP contribution in [0, 0.1) is 21.7 Å². The van der Waals surface area contributed by atoms with Crippen LogP contribution in [0.25, 0.3) is 0 Å². The van der Waals surface area contributed by atoms with Gasteiger partial charge in [0.25, 0.3) is 5.69 Å². The van der Waals surface area contributed by atoms with E-state index in [0.717, 1.165) is 24.3 Å². The van der Waals surface area contributed by atoms with Gasteiger partial charge < -0.3 is 9.47 Å². The van der Waals surface area contributed by atoms with Crippen LogP contribution in [0.2, 0.25) is 0 Å². The lowest BCUT2D eigenvalue weighted by Gasteiger charge is -2.19. The lowest BCUT2D eigenvalue weighted by atomic mass is 10.1. The molecular weight excluding hydrogens is 378 g/mol. The SMILES string of the molecule is CC.O=C1OC[C@H](c2ccc(F)c(F)c2)N1C(=O)Oc1ccc([N+](=O)[O-])cc1. The van der Waals surface area contributed by atoms with Crippen molar-refractivity contribution in [3.63, 3.8) is 0 Å². The fraction of sp³-hybridized carbons (Fsp3) is 0.222. The number of carbonyl (C=O) groups is 2. The predicted molar refractivity (Wildman–Crippen MR) is 92.8 cm³/mol. The maximum absolute atomic E-state index is 13.4. The van der Waals surface area contributed by atoms with Crippen LogP contribution in [0.5, 0.6) is 5.75 Å². The minimum Gasteiger partial charge on any atom is -0.446 e. The number of hydrogen-bond donors (Lipinski definition) is 0. The predicted octanol–water partition coefficient (Wildman–Crippen LogP) is 4.59. The zero-order chi connectivity index (χ0) is 20.8. The van der Waals surface area contributed by atoms with Crippen molar-refractivity contribution in [2.45, 2.75) is 19.9 Å². The highest BCUT2D eigenvalue weighted by Crippen LogP contribution is 2.30. The number of nitro groups is 1. The van der Waals surface area contributed by atoms with E-state index in [1.165, 1.54) is 18.2 Å². The van der Waals surface area contributed by atoms with Gasteiger partial charge in [-0.2, -0.15) is 0 Å². The average molecular weight is 394 g/mol. The highest BCUT2D eigenvalue weighted by Gasteiger charge is 2.40. The molecule has 0 spiro atoms. The molecule has 1 heterocycles. The van der Waals surface area contributed by atoms with Gasteiger partial charge in [0.05, 0.1) is 4.92 Å². The molecule has 2 amide bonds. The lowest BCUT2D eigenvalue weighted by molar-refractivity contribution is -0.384. The Balaban J connectivity index is 0.00000136. The molecule has 0 bridgehead atoms. The van der Waals surface area contributed by atoms with Gasteiger partial charge in [-0.05, 0) is 29.8 Å². The minimum atomic E-state index is -1.13. The van der Waals surface area contributed by atoms with Crippen LogP contribution in [0.1, 0.15) is 25.5 Å². The van der Waals surface area contributed by atoms with Crippen molar-refractivity contribution < 1.29 is 32.8 Å². The fourth-order valence-electron chi connectivity index (χ4n) is 2.37. The smallest absolute Gasteiger partial charge is 0.425 e. The van der Waals surface area contributed by atoms with Gasteiger partial charge in [0, 0.05) is 12.1 Å². The van der Waals surface area contributed by atoms with Crippen LogP contribution < -0.4 is 4.74 Å². The molecule has 0 aliphatic carbocycles. The van der Waals surface area contributed by atoms with E-state index in [1.807, 2.05) is 13.8 Å². The molecule has 28 heavy (non-hydrogen) atoms. The van der Waals surface area contributed by atoms with Gasteiger partial charge in [0.15, 0.2) is 11.6 Å². The standard InChI is InChI=1S/C16H10F2N2O6.C2H6/c17-12-6-1-9(7-13(12)18)14-8-25-15(21)19(14)16(22)26-11-4-2-10(3-5-11)20(23)24;1-2/h1-7,14H,8H2;1-2H3/t14-;/m1./s1. The van der Waals surface area contributed by atoms with Crippen LogP contribution in [0.4, 0.5) is 24.1 Å². The van der Waals surface area contributed by atoms with Gasteiger partial charge in [-0.3, -0.25) is 10.1 Å². The zero-order valence-electron chi connectivity index (χ0n) is 14.9. The third kappa shape index (κ3) is 4.40. The summed E-state index contributed by atoms with van der Waals surface area (Å²) in [4.78, 5) is 34.7. The molecule has 0 saturated carbocycles. The van der Waals surface area contributed by atoms with Crippen molar-refractivity contribution in [2.24, 2.45) is 0 Å². The van der Waals surface area contributed by atoms with E-state index >= 15 is 0 Å². The van der Waals surface area contributed by atoms with Crippen molar-refractivity contribution in [3.8, 4) is 5.75 Å². The van der Waals surface area contributed by atoms with Crippen molar-refractivity contribution in [2.75, 3.05) is 6.61 Å². The Hall–Kier alpha value is -3.56. The summed E-state index contributed by atoms with van der Waals surface area (Å²) in [6.45, 7) is 3.75. The Labute approximate surface area is 158 Å². The number of amides is 2. The number of ether oxygens (including phenoxy) is 2. The Morgan fingerprint density at radius 2 is 1.82 bits per heavy atom. The Morgan fingerprint density at radius 1 is 1.18 bits per heavy atom. The molecule has 2 aromatic rings. The van der Waals surface area contributed by atoms with Gasteiger partial charge in [-0.1, -0.05) is 19.9 Å². The first kappa shape index (κ1) is 20.7. The third-order valence-corrected chi connectivity index (χ3v) is 3.65. The molecule has 10 heteroatoms. The summed E-state index contributed by atoms with van der Waals surface area (Å²) in [6, 6.07) is 6.56. The van der Waals surface area contributed by atoms with E-state index in [0.29, 0.717) is 4.90 Å². The van der Waals surface area contributed by atoms with Gasteiger partial charge in [0.2, 0.25) is 0 Å². The molecule has 1 fully saturated rings. The first-order chi connectivity index (χ1) is 13.4. The first-order valence-corrected chi connectivity index (χ1v) is 8.24. The first-order valence-electron chi connectivity index (χ1n) is 8.24. The lowest BCUT2D eigenvalue weighted by Crippen LogP contribution is -2.36. The van der Waals surface area contributed by atoms with Gasteiger partial charge in [-0.15, -0.1) is 0 Å². The molecule has 2 aromatic carbocycles. The van der Waals surface area contributed by atoms with Crippen molar-refractivity contribution in [3.05, 3.63) is 69.8 Å². The summed E-state index contributed by atoms with van der Waals surface area (Å²) < 4.78 is 36.3. The Bertz CT molecular complexity index is 888. The summed E-state index contributed by atoms with van der Waals surface area (Å²) in [5, 5.41) is 10.6. The van der Waals surface area contributed by atoms with Crippen LogP contribution >= 0.6 is 0 Å². The molecule has 0 unspecified atom stereocenters. The second kappa shape index (κ2) is 8.89. The molecule has 0 aromatic heterocycles. The molecule has 0 N–H and O–H groups in total. The van der Waals surface area contributed by atoms with Crippen LogP contribution in [0.15, 0.2) is 42.5 Å². The normalized spacial score (nSPS) is 15.4. The Kier molecular flexibility index (Phi) is 6.59. The van der Waals surface area contributed by atoms with E-state index < -0.39 is 34.8 Å². The highest BCUT2D eigenvalue weighted by atomic mass is 19.2. The number of halogens is 2. The van der Waals surface area contributed by atoms with Crippen molar-refractivity contribution in [1.29, 1.82) is 0 Å². The number of carbonyl (C=O) groups excluding carboxylic acids is 2. The monoisotopic (exact) mass is 394 g/mol. The number of rotatable bonds is 3. The maximum Gasteiger partial charge on any atom is 0.425 e. The number of hydrogen-bond acceptors (Lipinski definition) is 6. The number of nitrogens with zero attached hydrogens (tertiary/aromatic N) is 2. The molecule has 1 aliphatic rings. The molecule has 3 rings (SSSR count). The fourth-order valence-corrected chi connectivity index (χ4v) is 2.37. The quantitative estimate of drug-likeness (QED) is 0.558. The topological polar surface area (TPSA) is 99.0 Å². The summed E-state index contributed by atoms with van der Waals surface area (Å²) in [6.07, 6.45) is -2.12. The van der Waals surface area contributed by atoms with Crippen molar-refractivity contribution >= 4 is 17.9 Å². The number of cyclic esters (lactones) is 1. The van der Waals surface area contributed by atoms with Gasteiger partial charge >= 0.3 is 12.2 Å². The molecule has 8 nitrogen and oxygen atoms in total. The number of non-ortho nitro benzene ring substituents is 1. The molecule has 1 atom stereocenters. The van der Waals surface area contributed by atoms with E-state index in [1.54, 1.807) is 0 Å². The van der Waals surface area contributed by atoms with Gasteiger partial charge in [-0.25, -0.2) is 23.3 Å². The Morgan fingerprint density at radius 3 is 2.39 bits per heavy atom. The number of benzene rings is 2. The van der Waals surface area contributed by atoms with Crippen molar-refractivity contribution in [1.82, 2.24) is 4.90 Å². The van der Waals surface area contributed by atoms with E-state index in [2.05, 4.69) is 0 Å². The largest absolute Gasteiger partial charge is 0.446 e. The second-order valence-electron chi connectivity index (χ2n) is 5.26. The summed E-state index contributed by atoms with van der Waals surface area (Å²) in [5.41, 5.74) is -0.0551. The zero-order valence-corrected chi connectivity index (χ0v) is 14.9. The minimum absolute atomic E-state index is 0.0377. The number of nitro benzene ring substituents is 1. The van der Waals surface area contributed by atoms with E-state index in [9.17, 15) is 28.5 Å².